The molecular weight excluding hydrogens is 132 g/mol. The number of ether oxygens (including phenoxy) is 1. The topological polar surface area (TPSA) is 70.0 Å². The third-order valence-electron chi connectivity index (χ3n) is 0.930. The van der Waals surface area contributed by atoms with Gasteiger partial charge in [0.1, 0.15) is 0 Å². The molecule has 0 aromatic heterocycles. The van der Waals surface area contributed by atoms with Crippen LogP contribution >= 0.6 is 0 Å². The van der Waals surface area contributed by atoms with Gasteiger partial charge in [0, 0.05) is 6.08 Å². The van der Waals surface area contributed by atoms with E-state index in [9.17, 15) is 0 Å². The first-order chi connectivity index (χ1) is 4.93. The molecule has 1 heterocycles. The van der Waals surface area contributed by atoms with Crippen LogP contribution < -0.4 is 5.43 Å². The van der Waals surface area contributed by atoms with E-state index in [1.165, 1.54) is 6.26 Å². The standard InChI is InChI=1S/C5H6N4O/c6-8-9-7-5-3-1-2-4-10-5/h1-5,7H. The largest absolute Gasteiger partial charge is 0.456 e. The van der Waals surface area contributed by atoms with Gasteiger partial charge >= 0.3 is 0 Å². The van der Waals surface area contributed by atoms with Crippen LogP contribution in [-0.2, 0) is 4.74 Å². The zero-order valence-electron chi connectivity index (χ0n) is 5.14. The minimum atomic E-state index is -0.333. The van der Waals surface area contributed by atoms with Crippen molar-refractivity contribution in [3.63, 3.8) is 0 Å². The fourth-order valence-corrected chi connectivity index (χ4v) is 0.542. The van der Waals surface area contributed by atoms with Gasteiger partial charge in [-0.3, -0.25) is 0 Å². The van der Waals surface area contributed by atoms with Crippen molar-refractivity contribution in [2.75, 3.05) is 0 Å². The minimum Gasteiger partial charge on any atom is -0.456 e. The van der Waals surface area contributed by atoms with Gasteiger partial charge < -0.3 is 4.74 Å². The van der Waals surface area contributed by atoms with Crippen molar-refractivity contribution in [3.05, 3.63) is 34.9 Å². The summed E-state index contributed by atoms with van der Waals surface area (Å²) in [5, 5.41) is 3.12. The summed E-state index contributed by atoms with van der Waals surface area (Å²) >= 11 is 0. The third-order valence-corrected chi connectivity index (χ3v) is 0.930. The van der Waals surface area contributed by atoms with Crippen LogP contribution in [0.3, 0.4) is 0 Å². The molecule has 1 rings (SSSR count). The lowest BCUT2D eigenvalue weighted by Gasteiger charge is -2.09. The Morgan fingerprint density at radius 3 is 3.10 bits per heavy atom. The zero-order valence-corrected chi connectivity index (χ0v) is 5.14. The molecule has 0 aromatic rings. The van der Waals surface area contributed by atoms with E-state index in [0.717, 1.165) is 0 Å². The van der Waals surface area contributed by atoms with E-state index in [1.807, 2.05) is 0 Å². The first kappa shape index (κ1) is 6.51. The van der Waals surface area contributed by atoms with E-state index < -0.39 is 0 Å². The molecule has 5 nitrogen and oxygen atoms in total. The second-order valence-corrected chi connectivity index (χ2v) is 1.59. The van der Waals surface area contributed by atoms with Crippen molar-refractivity contribution in [1.29, 1.82) is 0 Å². The second-order valence-electron chi connectivity index (χ2n) is 1.59. The molecule has 0 spiro atoms. The van der Waals surface area contributed by atoms with Gasteiger partial charge in [0.25, 0.3) is 6.23 Å². The molecule has 0 saturated heterocycles. The highest BCUT2D eigenvalue weighted by molar-refractivity contribution is 5.06. The summed E-state index contributed by atoms with van der Waals surface area (Å²) in [5.74, 6) is 0. The summed E-state index contributed by atoms with van der Waals surface area (Å²) in [5.41, 5.74) is 10.3. The number of allylic oxidation sites excluding steroid dienone is 2. The molecule has 0 aliphatic carbocycles. The smallest absolute Gasteiger partial charge is 0.258 e. The van der Waals surface area contributed by atoms with Crippen LogP contribution in [0.2, 0.25) is 0 Å². The Morgan fingerprint density at radius 2 is 2.50 bits per heavy atom. The number of hydrogen-bond acceptors (Lipinski definition) is 2. The molecule has 0 bridgehead atoms. The van der Waals surface area contributed by atoms with Crippen LogP contribution in [-0.4, -0.2) is 6.23 Å². The number of rotatable bonds is 2. The van der Waals surface area contributed by atoms with Crippen LogP contribution in [0.4, 0.5) is 0 Å². The number of hydrogen-bond donors (Lipinski definition) is 1. The Labute approximate surface area is 57.6 Å². The Kier molecular flexibility index (Phi) is 2.23. The second kappa shape index (κ2) is 3.42. The Morgan fingerprint density at radius 1 is 1.60 bits per heavy atom. The van der Waals surface area contributed by atoms with Crippen molar-refractivity contribution in [2.24, 2.45) is 5.22 Å². The maximum atomic E-state index is 7.90. The predicted molar refractivity (Wildman–Crippen MR) is 35.4 cm³/mol. The molecule has 0 fully saturated rings. The average molecular weight is 138 g/mol. The molecule has 52 valence electrons. The highest BCUT2D eigenvalue weighted by Crippen LogP contribution is 1.97. The van der Waals surface area contributed by atoms with E-state index in [4.69, 9.17) is 10.3 Å². The molecule has 1 N–H and O–H groups in total. The highest BCUT2D eigenvalue weighted by Gasteiger charge is 2.04. The molecule has 0 aromatic carbocycles. The van der Waals surface area contributed by atoms with E-state index in [0.29, 0.717) is 0 Å². The molecule has 1 aliphatic heterocycles. The van der Waals surface area contributed by atoms with E-state index >= 15 is 0 Å². The van der Waals surface area contributed by atoms with E-state index in [1.54, 1.807) is 18.2 Å². The SMILES string of the molecule is [N-]=[N+]=NNC1C=CC=CO1. The molecule has 0 radical (unpaired) electrons. The molecule has 0 amide bonds. The van der Waals surface area contributed by atoms with Gasteiger partial charge in [-0.1, -0.05) is 6.08 Å². The Balaban J connectivity index is 2.36. The average Bonchev–Trinajstić information content (AvgIpc) is 2.03. The lowest BCUT2D eigenvalue weighted by Crippen LogP contribution is -2.23. The lowest BCUT2D eigenvalue weighted by atomic mass is 10.4. The van der Waals surface area contributed by atoms with Gasteiger partial charge in [-0.15, -0.1) is 5.53 Å². The molecule has 1 unspecified atom stereocenters. The first-order valence-electron chi connectivity index (χ1n) is 2.72. The number of nitrogens with one attached hydrogen (secondary N) is 1. The van der Waals surface area contributed by atoms with Crippen LogP contribution in [0.25, 0.3) is 10.4 Å². The minimum absolute atomic E-state index is 0.333. The van der Waals surface area contributed by atoms with E-state index in [2.05, 4.69) is 15.6 Å². The quantitative estimate of drug-likeness (QED) is 0.270. The fourth-order valence-electron chi connectivity index (χ4n) is 0.542. The Bertz CT molecular complexity index is 204. The maximum absolute atomic E-state index is 7.90. The van der Waals surface area contributed by atoms with Gasteiger partial charge in [-0.25, -0.2) is 5.43 Å². The fraction of sp³-hybridized carbons (Fsp3) is 0.200. The molecular formula is C5H6N4O. The van der Waals surface area contributed by atoms with Crippen molar-refractivity contribution in [3.8, 4) is 0 Å². The van der Waals surface area contributed by atoms with Crippen molar-refractivity contribution >= 4 is 0 Å². The predicted octanol–water partition coefficient (Wildman–Crippen LogP) is 1.23. The van der Waals surface area contributed by atoms with Gasteiger partial charge in [0.2, 0.25) is 0 Å². The van der Waals surface area contributed by atoms with Crippen LogP contribution in [0.5, 0.6) is 0 Å². The van der Waals surface area contributed by atoms with Crippen LogP contribution in [0.15, 0.2) is 29.7 Å². The monoisotopic (exact) mass is 138 g/mol. The lowest BCUT2D eigenvalue weighted by molar-refractivity contribution is 0.151. The van der Waals surface area contributed by atoms with Gasteiger partial charge in [-0.2, -0.15) is 4.91 Å². The zero-order chi connectivity index (χ0) is 7.23. The first-order valence-corrected chi connectivity index (χ1v) is 2.72. The highest BCUT2D eigenvalue weighted by atomic mass is 16.5. The number of nitrogens with zero attached hydrogens (tertiary/aromatic N) is 3. The van der Waals surface area contributed by atoms with Crippen LogP contribution in [0, 0.1) is 0 Å². The Hall–Kier alpha value is -1.61. The van der Waals surface area contributed by atoms with E-state index in [-0.39, 0.29) is 6.23 Å². The summed E-state index contributed by atoms with van der Waals surface area (Å²) < 4.78 is 4.94. The molecule has 5 heteroatoms. The van der Waals surface area contributed by atoms with Gasteiger partial charge in [-0.05, 0) is 11.3 Å². The third kappa shape index (κ3) is 1.72. The summed E-state index contributed by atoms with van der Waals surface area (Å²) in [6, 6.07) is 0. The van der Waals surface area contributed by atoms with Crippen LogP contribution in [0.1, 0.15) is 0 Å². The molecule has 0 saturated carbocycles. The maximum Gasteiger partial charge on any atom is 0.258 e. The summed E-state index contributed by atoms with van der Waals surface area (Å²) in [6.45, 7) is 0. The molecule has 10 heavy (non-hydrogen) atoms. The normalized spacial score (nSPS) is 21.0. The van der Waals surface area contributed by atoms with Crippen molar-refractivity contribution < 1.29 is 4.74 Å². The van der Waals surface area contributed by atoms with Gasteiger partial charge in [0.05, 0.1) is 6.26 Å². The van der Waals surface area contributed by atoms with Crippen molar-refractivity contribution in [1.82, 2.24) is 5.43 Å². The summed E-state index contributed by atoms with van der Waals surface area (Å²) in [7, 11) is 0. The van der Waals surface area contributed by atoms with Gasteiger partial charge in [0.15, 0.2) is 0 Å². The summed E-state index contributed by atoms with van der Waals surface area (Å²) in [6.07, 6.45) is 6.46. The molecule has 1 aliphatic rings. The van der Waals surface area contributed by atoms with Crippen molar-refractivity contribution in [2.45, 2.75) is 6.23 Å². The summed E-state index contributed by atoms with van der Waals surface area (Å²) in [4.78, 5) is 2.51. The molecule has 1 atom stereocenters. The number of azide groups is 1.